The SMILES string of the molecule is COC(=O)c1ccc(OC)c(CN2N=N[C@H]3C(=O)N(c4ccc(OC)c(OC)c4)C(=O)[C@H]32)c1. The molecule has 2 amide bonds. The van der Waals surface area contributed by atoms with Crippen LogP contribution >= 0.6 is 0 Å². The lowest BCUT2D eigenvalue weighted by molar-refractivity contribution is -0.123. The number of ether oxygens (including phenoxy) is 4. The largest absolute Gasteiger partial charge is 0.496 e. The summed E-state index contributed by atoms with van der Waals surface area (Å²) in [6.07, 6.45) is 0. The normalized spacial score (nSPS) is 19.0. The number of carbonyl (C=O) groups is 3. The highest BCUT2D eigenvalue weighted by Gasteiger charge is 2.55. The summed E-state index contributed by atoms with van der Waals surface area (Å²) in [5.74, 6) is -0.111. The van der Waals surface area contributed by atoms with Crippen LogP contribution in [-0.4, -0.2) is 63.3 Å². The second kappa shape index (κ2) is 8.77. The van der Waals surface area contributed by atoms with E-state index in [-0.39, 0.29) is 6.54 Å². The maximum Gasteiger partial charge on any atom is 0.337 e. The average Bonchev–Trinajstić information content (AvgIpc) is 3.37. The molecule has 0 bridgehead atoms. The van der Waals surface area contributed by atoms with Gasteiger partial charge in [0.2, 0.25) is 0 Å². The molecule has 2 atom stereocenters. The molecule has 11 heteroatoms. The molecular formula is C22H22N4O7. The molecule has 2 heterocycles. The maximum atomic E-state index is 13.3. The van der Waals surface area contributed by atoms with Crippen LogP contribution in [0.15, 0.2) is 46.7 Å². The summed E-state index contributed by atoms with van der Waals surface area (Å²) in [5, 5.41) is 9.51. The van der Waals surface area contributed by atoms with Crippen LogP contribution in [0.1, 0.15) is 15.9 Å². The second-order valence-corrected chi connectivity index (χ2v) is 7.26. The van der Waals surface area contributed by atoms with Gasteiger partial charge in [-0.25, -0.2) is 9.69 Å². The van der Waals surface area contributed by atoms with Crippen molar-refractivity contribution in [2.45, 2.75) is 18.6 Å². The van der Waals surface area contributed by atoms with Gasteiger partial charge >= 0.3 is 5.97 Å². The van der Waals surface area contributed by atoms with Crippen molar-refractivity contribution < 1.29 is 33.3 Å². The van der Waals surface area contributed by atoms with Crippen LogP contribution in [0.3, 0.4) is 0 Å². The molecule has 11 nitrogen and oxygen atoms in total. The molecule has 0 aliphatic carbocycles. The van der Waals surface area contributed by atoms with Gasteiger partial charge in [0.05, 0.1) is 46.2 Å². The first-order valence-electron chi connectivity index (χ1n) is 9.96. The summed E-state index contributed by atoms with van der Waals surface area (Å²) in [7, 11) is 5.75. The van der Waals surface area contributed by atoms with Gasteiger partial charge in [0.15, 0.2) is 23.6 Å². The summed E-state index contributed by atoms with van der Waals surface area (Å²) < 4.78 is 20.7. The highest BCUT2D eigenvalue weighted by Crippen LogP contribution is 2.37. The van der Waals surface area contributed by atoms with Crippen molar-refractivity contribution in [1.29, 1.82) is 0 Å². The third-order valence-electron chi connectivity index (χ3n) is 5.52. The smallest absolute Gasteiger partial charge is 0.337 e. The fourth-order valence-electron chi connectivity index (χ4n) is 3.89. The first kappa shape index (κ1) is 22.1. The van der Waals surface area contributed by atoms with E-state index in [2.05, 4.69) is 10.3 Å². The van der Waals surface area contributed by atoms with Crippen LogP contribution in [0, 0.1) is 0 Å². The molecule has 2 aliphatic rings. The Morgan fingerprint density at radius 3 is 2.27 bits per heavy atom. The lowest BCUT2D eigenvalue weighted by Crippen LogP contribution is -2.39. The van der Waals surface area contributed by atoms with Crippen LogP contribution in [0.2, 0.25) is 0 Å². The molecule has 0 N–H and O–H groups in total. The third kappa shape index (κ3) is 3.71. The Bertz CT molecular complexity index is 1150. The Kier molecular flexibility index (Phi) is 5.86. The minimum atomic E-state index is -0.972. The molecule has 0 saturated carbocycles. The quantitative estimate of drug-likeness (QED) is 0.460. The Balaban J connectivity index is 1.62. The zero-order valence-electron chi connectivity index (χ0n) is 18.5. The van der Waals surface area contributed by atoms with Crippen molar-refractivity contribution in [3.8, 4) is 17.2 Å². The fourth-order valence-corrected chi connectivity index (χ4v) is 3.89. The van der Waals surface area contributed by atoms with Crippen molar-refractivity contribution in [2.24, 2.45) is 10.3 Å². The number of methoxy groups -OCH3 is 4. The molecule has 33 heavy (non-hydrogen) atoms. The zero-order chi connectivity index (χ0) is 23.7. The fraction of sp³-hybridized carbons (Fsp3) is 0.318. The van der Waals surface area contributed by atoms with E-state index in [9.17, 15) is 14.4 Å². The molecule has 0 aromatic heterocycles. The first-order chi connectivity index (χ1) is 15.9. The minimum absolute atomic E-state index is 0.0947. The number of carbonyl (C=O) groups excluding carboxylic acids is 3. The average molecular weight is 454 g/mol. The van der Waals surface area contributed by atoms with Crippen molar-refractivity contribution in [1.82, 2.24) is 5.01 Å². The standard InChI is InChI=1S/C22H22N4O7/c1-30-15-7-5-12(22(29)33-4)9-13(15)11-25-19-18(23-24-25)20(27)26(21(19)28)14-6-8-16(31-2)17(10-14)32-3/h5-10,18-19H,11H2,1-4H3/t18-,19+/m1/s1. The van der Waals surface area contributed by atoms with E-state index in [1.807, 2.05) is 0 Å². The van der Waals surface area contributed by atoms with Crippen LogP contribution in [0.5, 0.6) is 17.2 Å². The number of amides is 2. The van der Waals surface area contributed by atoms with Gasteiger partial charge < -0.3 is 18.9 Å². The summed E-state index contributed by atoms with van der Waals surface area (Å²) >= 11 is 0. The molecule has 4 rings (SSSR count). The van der Waals surface area contributed by atoms with E-state index >= 15 is 0 Å². The molecule has 1 saturated heterocycles. The summed E-state index contributed by atoms with van der Waals surface area (Å²) in [4.78, 5) is 39.3. The number of fused-ring (bicyclic) bond motifs is 1. The van der Waals surface area contributed by atoms with Crippen LogP contribution in [0.25, 0.3) is 0 Å². The van der Waals surface area contributed by atoms with E-state index in [1.165, 1.54) is 33.4 Å². The number of anilines is 1. The van der Waals surface area contributed by atoms with Crippen molar-refractivity contribution >= 4 is 23.5 Å². The number of nitrogens with zero attached hydrogens (tertiary/aromatic N) is 4. The molecule has 0 radical (unpaired) electrons. The van der Waals surface area contributed by atoms with Gasteiger partial charge in [-0.05, 0) is 30.3 Å². The van der Waals surface area contributed by atoms with E-state index in [0.29, 0.717) is 34.1 Å². The van der Waals surface area contributed by atoms with Gasteiger partial charge in [-0.15, -0.1) is 0 Å². The molecular weight excluding hydrogens is 432 g/mol. The zero-order valence-corrected chi connectivity index (χ0v) is 18.5. The lowest BCUT2D eigenvalue weighted by atomic mass is 10.1. The van der Waals surface area contributed by atoms with Crippen LogP contribution in [0.4, 0.5) is 5.69 Å². The molecule has 0 unspecified atom stereocenters. The molecule has 2 aromatic rings. The van der Waals surface area contributed by atoms with Crippen molar-refractivity contribution in [2.75, 3.05) is 33.3 Å². The highest BCUT2D eigenvalue weighted by molar-refractivity contribution is 6.25. The number of imide groups is 1. The monoisotopic (exact) mass is 454 g/mol. The van der Waals surface area contributed by atoms with Gasteiger partial charge in [0.25, 0.3) is 11.8 Å². The van der Waals surface area contributed by atoms with Crippen molar-refractivity contribution in [3.05, 3.63) is 47.5 Å². The number of rotatable bonds is 7. The molecule has 1 fully saturated rings. The summed E-state index contributed by atoms with van der Waals surface area (Å²) in [6.45, 7) is 0.0947. The van der Waals surface area contributed by atoms with E-state index in [1.54, 1.807) is 36.4 Å². The molecule has 2 aliphatic heterocycles. The third-order valence-corrected chi connectivity index (χ3v) is 5.52. The van der Waals surface area contributed by atoms with Crippen LogP contribution in [-0.2, 0) is 20.9 Å². The van der Waals surface area contributed by atoms with E-state index in [0.717, 1.165) is 4.90 Å². The Hall–Kier alpha value is -4.15. The van der Waals surface area contributed by atoms with Gasteiger partial charge in [0.1, 0.15) is 5.75 Å². The number of hydrogen-bond donors (Lipinski definition) is 0. The summed E-state index contributed by atoms with van der Waals surface area (Å²) in [6, 6.07) is 7.68. The Morgan fingerprint density at radius 1 is 0.909 bits per heavy atom. The highest BCUT2D eigenvalue weighted by atomic mass is 16.5. The Labute approximate surface area is 189 Å². The van der Waals surface area contributed by atoms with Gasteiger partial charge in [-0.2, -0.15) is 5.11 Å². The second-order valence-electron chi connectivity index (χ2n) is 7.26. The van der Waals surface area contributed by atoms with E-state index < -0.39 is 29.9 Å². The first-order valence-corrected chi connectivity index (χ1v) is 9.96. The van der Waals surface area contributed by atoms with Gasteiger partial charge in [-0.1, -0.05) is 5.22 Å². The maximum absolute atomic E-state index is 13.3. The number of hydrogen-bond acceptors (Lipinski definition) is 10. The number of benzene rings is 2. The molecule has 172 valence electrons. The topological polar surface area (TPSA) is 119 Å². The number of esters is 1. The minimum Gasteiger partial charge on any atom is -0.496 e. The molecule has 0 spiro atoms. The van der Waals surface area contributed by atoms with Gasteiger partial charge in [0, 0.05) is 11.6 Å². The van der Waals surface area contributed by atoms with E-state index in [4.69, 9.17) is 18.9 Å². The predicted molar refractivity (Wildman–Crippen MR) is 114 cm³/mol. The molecule has 2 aromatic carbocycles. The van der Waals surface area contributed by atoms with Crippen molar-refractivity contribution in [3.63, 3.8) is 0 Å². The summed E-state index contributed by atoms with van der Waals surface area (Å²) in [5.41, 5.74) is 1.25. The Morgan fingerprint density at radius 2 is 1.61 bits per heavy atom. The van der Waals surface area contributed by atoms with Gasteiger partial charge in [-0.3, -0.25) is 14.6 Å². The lowest BCUT2D eigenvalue weighted by Gasteiger charge is -2.22. The predicted octanol–water partition coefficient (Wildman–Crippen LogP) is 1.99. The van der Waals surface area contributed by atoms with Crippen LogP contribution < -0.4 is 19.1 Å².